The molecule has 25 heavy (non-hydrogen) atoms. The number of thioether (sulfide) groups is 1. The van der Waals surface area contributed by atoms with E-state index in [4.69, 9.17) is 10.4 Å². The summed E-state index contributed by atoms with van der Waals surface area (Å²) in [5.74, 6) is -1.26. The first-order valence-corrected chi connectivity index (χ1v) is 9.89. The van der Waals surface area contributed by atoms with E-state index in [-0.39, 0.29) is 17.0 Å². The zero-order valence-electron chi connectivity index (χ0n) is 13.4. The molecule has 2 rings (SSSR count). The maximum absolute atomic E-state index is 12.9. The van der Waals surface area contributed by atoms with Gasteiger partial charge in [-0.15, -0.1) is 11.8 Å². The highest BCUT2D eigenvalue weighted by atomic mass is 32.2. The number of benzene rings is 2. The second kappa shape index (κ2) is 8.05. The Morgan fingerprint density at radius 2 is 1.76 bits per heavy atom. The number of rotatable bonds is 7. The van der Waals surface area contributed by atoms with Crippen molar-refractivity contribution in [3.63, 3.8) is 0 Å². The lowest BCUT2D eigenvalue weighted by atomic mass is 10.1. The third-order valence-electron chi connectivity index (χ3n) is 3.43. The summed E-state index contributed by atoms with van der Waals surface area (Å²) in [4.78, 5) is 12.1. The Balaban J connectivity index is 2.44. The predicted molar refractivity (Wildman–Crippen MR) is 96.1 cm³/mol. The molecule has 0 heterocycles. The minimum atomic E-state index is -4.02. The van der Waals surface area contributed by atoms with Gasteiger partial charge in [-0.1, -0.05) is 12.1 Å². The molecule has 1 N–H and O–H groups in total. The number of nitriles is 1. The predicted octanol–water partition coefficient (Wildman–Crippen LogP) is 2.75. The van der Waals surface area contributed by atoms with Gasteiger partial charge in [0.05, 0.1) is 23.1 Å². The molecule has 130 valence electrons. The Hall–Kier alpha value is -2.50. The van der Waals surface area contributed by atoms with Crippen molar-refractivity contribution in [3.8, 4) is 6.07 Å². The highest BCUT2D eigenvalue weighted by molar-refractivity contribution is 7.98. The van der Waals surface area contributed by atoms with Gasteiger partial charge in [0.2, 0.25) is 0 Å². The summed E-state index contributed by atoms with van der Waals surface area (Å²) in [7, 11) is -4.02. The molecule has 0 aliphatic carbocycles. The Labute approximate surface area is 150 Å². The molecule has 0 atom stereocenters. The van der Waals surface area contributed by atoms with Gasteiger partial charge in [-0.3, -0.25) is 9.10 Å². The number of carboxylic acid groups (broad SMARTS) is 1. The molecule has 0 spiro atoms. The Morgan fingerprint density at radius 3 is 2.24 bits per heavy atom. The molecule has 0 radical (unpaired) electrons. The molecule has 0 aliphatic heterocycles. The van der Waals surface area contributed by atoms with Crippen molar-refractivity contribution in [2.45, 2.75) is 16.2 Å². The van der Waals surface area contributed by atoms with E-state index in [0.29, 0.717) is 0 Å². The SMILES string of the molecule is CSc1ccc(S(=O)(=O)N(CC(=O)O)c2ccc(CC#N)cc2)cc1. The van der Waals surface area contributed by atoms with E-state index < -0.39 is 22.5 Å². The fraction of sp³-hybridized carbons (Fsp3) is 0.176. The van der Waals surface area contributed by atoms with Crippen LogP contribution in [0.25, 0.3) is 0 Å². The number of aliphatic carboxylic acids is 1. The van der Waals surface area contributed by atoms with Crippen LogP contribution >= 0.6 is 11.8 Å². The highest BCUT2D eigenvalue weighted by Gasteiger charge is 2.27. The molecule has 0 unspecified atom stereocenters. The summed E-state index contributed by atoms with van der Waals surface area (Å²) in [5.41, 5.74) is 0.960. The topological polar surface area (TPSA) is 98.5 Å². The maximum Gasteiger partial charge on any atom is 0.324 e. The zero-order chi connectivity index (χ0) is 18.4. The van der Waals surface area contributed by atoms with Gasteiger partial charge in [-0.25, -0.2) is 8.42 Å². The maximum atomic E-state index is 12.9. The van der Waals surface area contributed by atoms with Crippen molar-refractivity contribution in [1.29, 1.82) is 5.26 Å². The van der Waals surface area contributed by atoms with Crippen LogP contribution in [0.15, 0.2) is 58.3 Å². The number of carboxylic acids is 1. The minimum absolute atomic E-state index is 0.0210. The van der Waals surface area contributed by atoms with Gasteiger partial charge >= 0.3 is 5.97 Å². The van der Waals surface area contributed by atoms with E-state index in [1.165, 1.54) is 36.0 Å². The second-order valence-corrected chi connectivity index (χ2v) is 7.82. The number of nitrogens with zero attached hydrogens (tertiary/aromatic N) is 2. The molecule has 8 heteroatoms. The van der Waals surface area contributed by atoms with E-state index in [1.807, 2.05) is 12.3 Å². The number of anilines is 1. The van der Waals surface area contributed by atoms with Crippen LogP contribution in [-0.4, -0.2) is 32.3 Å². The summed E-state index contributed by atoms with van der Waals surface area (Å²) in [5, 5.41) is 17.8. The van der Waals surface area contributed by atoms with Gasteiger partial charge < -0.3 is 5.11 Å². The van der Waals surface area contributed by atoms with Crippen LogP contribution in [-0.2, 0) is 21.2 Å². The van der Waals surface area contributed by atoms with E-state index in [0.717, 1.165) is 14.8 Å². The average molecular weight is 376 g/mol. The monoisotopic (exact) mass is 376 g/mol. The standard InChI is InChI=1S/C17H16N2O4S2/c1-24-15-6-8-16(9-7-15)25(22,23)19(12-17(20)21)14-4-2-13(3-5-14)10-11-18/h2-9H,10,12H2,1H3,(H,20,21). The first-order valence-electron chi connectivity index (χ1n) is 7.23. The van der Waals surface area contributed by atoms with Crippen LogP contribution in [0.1, 0.15) is 5.56 Å². The average Bonchev–Trinajstić information content (AvgIpc) is 2.60. The fourth-order valence-corrected chi connectivity index (χ4v) is 4.01. The lowest BCUT2D eigenvalue weighted by Crippen LogP contribution is -2.35. The number of hydrogen-bond donors (Lipinski definition) is 1. The summed E-state index contributed by atoms with van der Waals surface area (Å²) < 4.78 is 26.6. The summed E-state index contributed by atoms with van der Waals surface area (Å²) in [6.45, 7) is -0.690. The fourth-order valence-electron chi connectivity index (χ4n) is 2.18. The lowest BCUT2D eigenvalue weighted by molar-refractivity contribution is -0.135. The van der Waals surface area contributed by atoms with E-state index in [2.05, 4.69) is 0 Å². The molecule has 0 amide bonds. The Bertz CT molecular complexity index is 886. The Kier molecular flexibility index (Phi) is 6.07. The van der Waals surface area contributed by atoms with Crippen LogP contribution < -0.4 is 4.31 Å². The molecular formula is C17H16N2O4S2. The number of hydrogen-bond acceptors (Lipinski definition) is 5. The molecule has 0 aliphatic rings. The molecule has 0 bridgehead atoms. The van der Waals surface area contributed by atoms with Crippen LogP contribution in [0.5, 0.6) is 0 Å². The first-order chi connectivity index (χ1) is 11.9. The third kappa shape index (κ3) is 4.53. The van der Waals surface area contributed by atoms with Gasteiger partial charge in [-0.2, -0.15) is 5.26 Å². The summed E-state index contributed by atoms with van der Waals surface area (Å²) in [6, 6.07) is 14.5. The summed E-state index contributed by atoms with van der Waals surface area (Å²) >= 11 is 1.48. The molecule has 0 saturated carbocycles. The molecule has 6 nitrogen and oxygen atoms in total. The lowest BCUT2D eigenvalue weighted by Gasteiger charge is -2.23. The normalized spacial score (nSPS) is 10.9. The van der Waals surface area contributed by atoms with E-state index >= 15 is 0 Å². The first kappa shape index (κ1) is 18.8. The number of carbonyl (C=O) groups is 1. The largest absolute Gasteiger partial charge is 0.480 e. The van der Waals surface area contributed by atoms with Crippen LogP contribution in [0.2, 0.25) is 0 Å². The van der Waals surface area contributed by atoms with Crippen molar-refractivity contribution < 1.29 is 18.3 Å². The summed E-state index contributed by atoms with van der Waals surface area (Å²) in [6.07, 6.45) is 2.07. The molecule has 0 saturated heterocycles. The van der Waals surface area contributed by atoms with Crippen LogP contribution in [0.4, 0.5) is 5.69 Å². The van der Waals surface area contributed by atoms with Gasteiger partial charge in [0.25, 0.3) is 10.0 Å². The van der Waals surface area contributed by atoms with Gasteiger partial charge in [0.15, 0.2) is 0 Å². The smallest absolute Gasteiger partial charge is 0.324 e. The van der Waals surface area contributed by atoms with Gasteiger partial charge in [0, 0.05) is 4.90 Å². The van der Waals surface area contributed by atoms with E-state index in [9.17, 15) is 13.2 Å². The van der Waals surface area contributed by atoms with Crippen molar-refractivity contribution in [1.82, 2.24) is 0 Å². The second-order valence-electron chi connectivity index (χ2n) is 5.08. The molecule has 2 aromatic rings. The van der Waals surface area contributed by atoms with Crippen LogP contribution in [0.3, 0.4) is 0 Å². The minimum Gasteiger partial charge on any atom is -0.480 e. The van der Waals surface area contributed by atoms with Crippen molar-refractivity contribution in [3.05, 3.63) is 54.1 Å². The van der Waals surface area contributed by atoms with Crippen LogP contribution in [0, 0.1) is 11.3 Å². The zero-order valence-corrected chi connectivity index (χ0v) is 15.0. The molecule has 0 aromatic heterocycles. The van der Waals surface area contributed by atoms with Gasteiger partial charge in [-0.05, 0) is 48.2 Å². The molecular weight excluding hydrogens is 360 g/mol. The molecule has 0 fully saturated rings. The quantitative estimate of drug-likeness (QED) is 0.746. The van der Waals surface area contributed by atoms with Crippen molar-refractivity contribution >= 4 is 33.4 Å². The molecule has 2 aromatic carbocycles. The van der Waals surface area contributed by atoms with Gasteiger partial charge in [0.1, 0.15) is 6.54 Å². The van der Waals surface area contributed by atoms with Crippen molar-refractivity contribution in [2.24, 2.45) is 0 Å². The third-order valence-corrected chi connectivity index (χ3v) is 5.97. The highest BCUT2D eigenvalue weighted by Crippen LogP contribution is 2.25. The van der Waals surface area contributed by atoms with E-state index in [1.54, 1.807) is 24.3 Å². The van der Waals surface area contributed by atoms with Crippen molar-refractivity contribution in [2.75, 3.05) is 17.1 Å². The number of sulfonamides is 1. The Morgan fingerprint density at radius 1 is 1.16 bits per heavy atom.